The number of hydrogen-bond donors (Lipinski definition) is 2. The van der Waals surface area contributed by atoms with Crippen LogP contribution in [0.2, 0.25) is 0 Å². The van der Waals surface area contributed by atoms with Crippen LogP contribution in [0.3, 0.4) is 0 Å². The van der Waals surface area contributed by atoms with Crippen molar-refractivity contribution in [1.29, 1.82) is 0 Å². The number of fused-ring (bicyclic) bond motifs is 1. The molecule has 2 aromatic carbocycles. The molecule has 0 unspecified atom stereocenters. The van der Waals surface area contributed by atoms with Crippen LogP contribution in [0.15, 0.2) is 62.6 Å². The van der Waals surface area contributed by atoms with Gasteiger partial charge in [0.25, 0.3) is 17.0 Å². The van der Waals surface area contributed by atoms with Crippen LogP contribution in [0.4, 0.5) is 5.69 Å². The van der Waals surface area contributed by atoms with Gasteiger partial charge in [0.2, 0.25) is 5.91 Å². The summed E-state index contributed by atoms with van der Waals surface area (Å²) in [4.78, 5) is 55.9. The topological polar surface area (TPSA) is 147 Å². The Morgan fingerprint density at radius 1 is 1.02 bits per heavy atom. The van der Waals surface area contributed by atoms with Crippen LogP contribution in [0, 0.1) is 20.8 Å². The van der Waals surface area contributed by atoms with Crippen molar-refractivity contribution in [2.45, 2.75) is 34.2 Å². The van der Waals surface area contributed by atoms with E-state index in [9.17, 15) is 19.2 Å². The predicted octanol–water partition coefficient (Wildman–Crippen LogP) is 3.44. The van der Waals surface area contributed by atoms with Gasteiger partial charge in [-0.1, -0.05) is 12.1 Å². The smallest absolute Gasteiger partial charge is 0.290 e. The predicted molar refractivity (Wildman–Crippen MR) is 151 cm³/mol. The molecule has 5 rings (SSSR count). The van der Waals surface area contributed by atoms with Crippen molar-refractivity contribution in [2.24, 2.45) is 12.8 Å². The first-order chi connectivity index (χ1) is 19.0. The first-order valence-corrected chi connectivity index (χ1v) is 12.6. The molecule has 3 heterocycles. The van der Waals surface area contributed by atoms with Gasteiger partial charge in [-0.25, -0.2) is 9.67 Å². The number of anilines is 1. The van der Waals surface area contributed by atoms with Gasteiger partial charge >= 0.3 is 0 Å². The third-order valence-corrected chi connectivity index (χ3v) is 6.80. The molecule has 0 saturated carbocycles. The Kier molecular flexibility index (Phi) is 6.50. The number of hydrogen-bond acceptors (Lipinski definition) is 6. The number of benzene rings is 2. The third-order valence-electron chi connectivity index (χ3n) is 6.80. The van der Waals surface area contributed by atoms with E-state index >= 15 is 0 Å². The number of aromatic nitrogens is 4. The van der Waals surface area contributed by atoms with Gasteiger partial charge in [-0.2, -0.15) is 4.74 Å². The molecule has 11 nitrogen and oxygen atoms in total. The maximum atomic E-state index is 13.8. The molecule has 0 atom stereocenters. The SMILES string of the molecule is CCn1c2c(C(=O)Nc3cccc(C(N)=O)c3)nc(C)cc2c(=O)n1-c1ccc(-c2c(C)on(C)c2=O)cc1C. The molecule has 11 heteroatoms. The van der Waals surface area contributed by atoms with E-state index in [-0.39, 0.29) is 22.4 Å². The number of aryl methyl sites for hydroxylation is 5. The number of amides is 2. The average molecular weight is 541 g/mol. The highest BCUT2D eigenvalue weighted by atomic mass is 16.5. The van der Waals surface area contributed by atoms with Crippen LogP contribution < -0.4 is 22.2 Å². The van der Waals surface area contributed by atoms with Gasteiger partial charge in [0, 0.05) is 30.5 Å². The Bertz CT molecular complexity index is 1960. The van der Waals surface area contributed by atoms with Crippen LogP contribution in [0.5, 0.6) is 0 Å². The van der Waals surface area contributed by atoms with Gasteiger partial charge in [-0.15, -0.1) is 0 Å². The zero-order valence-electron chi connectivity index (χ0n) is 22.7. The van der Waals surface area contributed by atoms with Gasteiger partial charge < -0.3 is 15.6 Å². The van der Waals surface area contributed by atoms with E-state index in [2.05, 4.69) is 10.3 Å². The van der Waals surface area contributed by atoms with Crippen molar-refractivity contribution in [2.75, 3.05) is 5.32 Å². The normalized spacial score (nSPS) is 11.2. The number of carbonyl (C=O) groups excluding carboxylic acids is 2. The first kappa shape index (κ1) is 26.4. The highest BCUT2D eigenvalue weighted by molar-refractivity contribution is 6.11. The Morgan fingerprint density at radius 3 is 2.40 bits per heavy atom. The summed E-state index contributed by atoms with van der Waals surface area (Å²) in [7, 11) is 1.55. The van der Waals surface area contributed by atoms with Gasteiger partial charge in [0.1, 0.15) is 11.3 Å². The van der Waals surface area contributed by atoms with Gasteiger partial charge in [0.15, 0.2) is 5.69 Å². The molecule has 0 saturated heterocycles. The zero-order chi connectivity index (χ0) is 28.9. The maximum absolute atomic E-state index is 13.8. The average Bonchev–Trinajstić information content (AvgIpc) is 3.33. The molecule has 0 aliphatic heterocycles. The van der Waals surface area contributed by atoms with E-state index < -0.39 is 11.8 Å². The summed E-state index contributed by atoms with van der Waals surface area (Å²) in [6.07, 6.45) is 0. The second-order valence-corrected chi connectivity index (χ2v) is 9.57. The van der Waals surface area contributed by atoms with E-state index in [1.165, 1.54) is 15.5 Å². The Balaban J connectivity index is 1.66. The summed E-state index contributed by atoms with van der Waals surface area (Å²) in [6, 6.07) is 13.3. The number of nitrogens with one attached hydrogen (secondary N) is 1. The summed E-state index contributed by atoms with van der Waals surface area (Å²) in [5.74, 6) is -0.653. The van der Waals surface area contributed by atoms with Crippen molar-refractivity contribution in [3.8, 4) is 16.8 Å². The molecular weight excluding hydrogens is 512 g/mol. The summed E-state index contributed by atoms with van der Waals surface area (Å²) < 4.78 is 9.85. The zero-order valence-corrected chi connectivity index (χ0v) is 22.7. The Labute approximate surface area is 228 Å². The number of primary amides is 1. The molecular formula is C29H28N6O5. The minimum Gasteiger partial charge on any atom is -0.381 e. The third kappa shape index (κ3) is 4.31. The fourth-order valence-electron chi connectivity index (χ4n) is 5.03. The van der Waals surface area contributed by atoms with E-state index in [1.54, 1.807) is 62.0 Å². The Morgan fingerprint density at radius 2 is 1.77 bits per heavy atom. The van der Waals surface area contributed by atoms with Crippen LogP contribution >= 0.6 is 0 Å². The highest BCUT2D eigenvalue weighted by Gasteiger charge is 2.24. The summed E-state index contributed by atoms with van der Waals surface area (Å²) in [6.45, 7) is 7.53. The molecule has 2 amide bonds. The lowest BCUT2D eigenvalue weighted by atomic mass is 10.0. The van der Waals surface area contributed by atoms with Crippen LogP contribution in [0.1, 0.15) is 44.8 Å². The lowest BCUT2D eigenvalue weighted by molar-refractivity contribution is 0.0995. The molecule has 0 aliphatic rings. The van der Waals surface area contributed by atoms with Gasteiger partial charge in [-0.05, 0) is 75.2 Å². The Hall–Kier alpha value is -5.19. The molecule has 0 spiro atoms. The largest absolute Gasteiger partial charge is 0.381 e. The van der Waals surface area contributed by atoms with Crippen LogP contribution in [-0.4, -0.2) is 30.9 Å². The summed E-state index contributed by atoms with van der Waals surface area (Å²) in [5, 5.41) is 3.11. The minimum atomic E-state index is -0.617. The maximum Gasteiger partial charge on any atom is 0.290 e. The van der Waals surface area contributed by atoms with E-state index in [4.69, 9.17) is 10.3 Å². The van der Waals surface area contributed by atoms with E-state index in [0.29, 0.717) is 51.4 Å². The van der Waals surface area contributed by atoms with Crippen LogP contribution in [0.25, 0.3) is 27.7 Å². The summed E-state index contributed by atoms with van der Waals surface area (Å²) >= 11 is 0. The standard InChI is InChI=1S/C29H28N6O5/c1-6-34-25-21(13-16(3)31-24(25)27(37)32-20-9-7-8-19(14-20)26(30)36)28(38)35(34)22-11-10-18(12-15(22)2)23-17(4)40-33(5)29(23)39/h7-14H,6H2,1-5H3,(H2,30,36)(H,32,37). The second kappa shape index (κ2) is 9.84. The minimum absolute atomic E-state index is 0.0731. The van der Waals surface area contributed by atoms with Gasteiger partial charge in [0.05, 0.1) is 16.6 Å². The highest BCUT2D eigenvalue weighted by Crippen LogP contribution is 2.27. The van der Waals surface area contributed by atoms with Crippen molar-refractivity contribution in [3.05, 3.63) is 97.5 Å². The quantitative estimate of drug-likeness (QED) is 0.337. The van der Waals surface area contributed by atoms with Crippen molar-refractivity contribution in [3.63, 3.8) is 0 Å². The fraction of sp³-hybridized carbons (Fsp3) is 0.207. The molecule has 3 aromatic heterocycles. The van der Waals surface area contributed by atoms with Gasteiger partial charge in [-0.3, -0.25) is 23.9 Å². The monoisotopic (exact) mass is 540 g/mol. The lowest BCUT2D eigenvalue weighted by Gasteiger charge is -2.15. The lowest BCUT2D eigenvalue weighted by Crippen LogP contribution is -2.22. The molecule has 204 valence electrons. The van der Waals surface area contributed by atoms with Crippen molar-refractivity contribution >= 4 is 28.4 Å². The van der Waals surface area contributed by atoms with Crippen molar-refractivity contribution in [1.82, 2.24) is 19.1 Å². The molecule has 0 radical (unpaired) electrons. The van der Waals surface area contributed by atoms with E-state index in [0.717, 1.165) is 5.56 Å². The number of rotatable bonds is 6. The second-order valence-electron chi connectivity index (χ2n) is 9.57. The molecule has 3 N–H and O–H groups in total. The molecule has 0 bridgehead atoms. The van der Waals surface area contributed by atoms with Crippen molar-refractivity contribution < 1.29 is 14.1 Å². The summed E-state index contributed by atoms with van der Waals surface area (Å²) in [5.41, 5.74) is 8.88. The fourth-order valence-corrected chi connectivity index (χ4v) is 5.03. The first-order valence-electron chi connectivity index (χ1n) is 12.6. The number of nitrogens with zero attached hydrogens (tertiary/aromatic N) is 4. The number of carbonyl (C=O) groups is 2. The van der Waals surface area contributed by atoms with Crippen LogP contribution in [-0.2, 0) is 13.6 Å². The molecule has 40 heavy (non-hydrogen) atoms. The molecule has 5 aromatic rings. The molecule has 0 fully saturated rings. The van der Waals surface area contributed by atoms with E-state index in [1.807, 2.05) is 19.9 Å². The number of nitrogens with two attached hydrogens (primary N) is 1. The molecule has 0 aliphatic carbocycles. The number of pyridine rings is 1.